The van der Waals surface area contributed by atoms with Gasteiger partial charge in [0.2, 0.25) is 0 Å². The van der Waals surface area contributed by atoms with Crippen molar-refractivity contribution in [1.82, 2.24) is 9.55 Å². The summed E-state index contributed by atoms with van der Waals surface area (Å²) in [6, 6.07) is 31.1. The molecule has 0 atom stereocenters. The summed E-state index contributed by atoms with van der Waals surface area (Å²) in [4.78, 5) is 4.91. The summed E-state index contributed by atoms with van der Waals surface area (Å²) in [5, 5.41) is 2.36. The largest absolute Gasteiger partial charge is 0.493 e. The van der Waals surface area contributed by atoms with Crippen LogP contribution in [0.3, 0.4) is 0 Å². The molecule has 0 spiro atoms. The number of para-hydroxylation sites is 2. The maximum absolute atomic E-state index is 6.16. The number of fused-ring (bicyclic) bond motifs is 2. The zero-order valence-corrected chi connectivity index (χ0v) is 18.0. The third kappa shape index (κ3) is 3.59. The minimum atomic E-state index is 0.649. The van der Waals surface area contributed by atoms with Crippen LogP contribution in [0.5, 0.6) is 5.75 Å². The summed E-state index contributed by atoms with van der Waals surface area (Å²) in [5.41, 5.74) is 3.26. The Morgan fingerprint density at radius 2 is 1.57 bits per heavy atom. The van der Waals surface area contributed by atoms with Crippen molar-refractivity contribution in [3.05, 3.63) is 95.5 Å². The number of imidazole rings is 1. The molecule has 0 aliphatic heterocycles. The molecule has 0 saturated carbocycles. The van der Waals surface area contributed by atoms with Gasteiger partial charge in [-0.25, -0.2) is 4.98 Å². The van der Waals surface area contributed by atoms with Gasteiger partial charge in [0, 0.05) is 22.0 Å². The van der Waals surface area contributed by atoms with Crippen LogP contribution in [0.25, 0.3) is 33.2 Å². The quantitative estimate of drug-likeness (QED) is 0.255. The van der Waals surface area contributed by atoms with E-state index in [1.165, 1.54) is 5.39 Å². The van der Waals surface area contributed by atoms with E-state index in [9.17, 15) is 0 Å². The van der Waals surface area contributed by atoms with E-state index in [-0.39, 0.29) is 0 Å². The fourth-order valence-corrected chi connectivity index (χ4v) is 4.34. The third-order valence-electron chi connectivity index (χ3n) is 5.30. The van der Waals surface area contributed by atoms with Gasteiger partial charge in [-0.2, -0.15) is 0 Å². The van der Waals surface area contributed by atoms with Gasteiger partial charge in [0.25, 0.3) is 0 Å². The lowest BCUT2D eigenvalue weighted by atomic mass is 10.1. The summed E-state index contributed by atoms with van der Waals surface area (Å²) >= 11 is 3.68. The van der Waals surface area contributed by atoms with Gasteiger partial charge in [-0.05, 0) is 36.1 Å². The number of nitrogens with zero attached hydrogens (tertiary/aromatic N) is 2. The van der Waals surface area contributed by atoms with Gasteiger partial charge in [0.05, 0.1) is 17.6 Å². The Bertz CT molecular complexity index is 1320. The predicted molar refractivity (Wildman–Crippen MR) is 127 cm³/mol. The Labute approximate surface area is 184 Å². The molecule has 4 heteroatoms. The minimum absolute atomic E-state index is 0.649. The summed E-state index contributed by atoms with van der Waals surface area (Å²) in [6.45, 7) is 1.48. The van der Waals surface area contributed by atoms with Gasteiger partial charge in [-0.3, -0.25) is 0 Å². The number of hydrogen-bond acceptors (Lipinski definition) is 2. The molecule has 0 N–H and O–H groups in total. The second-order valence-electron chi connectivity index (χ2n) is 7.23. The van der Waals surface area contributed by atoms with Gasteiger partial charge in [-0.1, -0.05) is 82.7 Å². The van der Waals surface area contributed by atoms with Crippen LogP contribution >= 0.6 is 15.9 Å². The first-order valence-corrected chi connectivity index (χ1v) is 10.9. The number of ether oxygens (including phenoxy) is 1. The summed E-state index contributed by atoms with van der Waals surface area (Å²) in [5.74, 6) is 1.92. The van der Waals surface area contributed by atoms with Gasteiger partial charge in [-0.15, -0.1) is 0 Å². The number of hydrogen-bond donors (Lipinski definition) is 0. The van der Waals surface area contributed by atoms with Crippen LogP contribution < -0.4 is 4.74 Å². The fraction of sp³-hybridized carbons (Fsp3) is 0.115. The molecule has 0 saturated heterocycles. The Kier molecular flexibility index (Phi) is 5.24. The van der Waals surface area contributed by atoms with Gasteiger partial charge < -0.3 is 9.30 Å². The van der Waals surface area contributed by atoms with E-state index < -0.39 is 0 Å². The number of benzene rings is 4. The van der Waals surface area contributed by atoms with Crippen LogP contribution in [0.1, 0.15) is 6.42 Å². The lowest BCUT2D eigenvalue weighted by Crippen LogP contribution is -2.06. The molecule has 30 heavy (non-hydrogen) atoms. The second-order valence-corrected chi connectivity index (χ2v) is 8.09. The lowest BCUT2D eigenvalue weighted by molar-refractivity contribution is 0.306. The van der Waals surface area contributed by atoms with Crippen molar-refractivity contribution >= 4 is 37.7 Å². The van der Waals surface area contributed by atoms with Gasteiger partial charge >= 0.3 is 0 Å². The van der Waals surface area contributed by atoms with E-state index in [1.54, 1.807) is 0 Å². The first kappa shape index (κ1) is 18.9. The van der Waals surface area contributed by atoms with Crippen LogP contribution in [0.2, 0.25) is 0 Å². The predicted octanol–water partition coefficient (Wildman–Crippen LogP) is 7.09. The highest BCUT2D eigenvalue weighted by Gasteiger charge is 2.14. The van der Waals surface area contributed by atoms with Crippen molar-refractivity contribution in [2.24, 2.45) is 0 Å². The molecule has 148 valence electrons. The van der Waals surface area contributed by atoms with Gasteiger partial charge in [0.15, 0.2) is 0 Å². The SMILES string of the molecule is Brc1ccccc1-c1nc2ccccc2n1CCCOc1cccc2ccccc12. The molecule has 0 unspecified atom stereocenters. The van der Waals surface area contributed by atoms with Crippen molar-refractivity contribution in [2.75, 3.05) is 6.61 Å². The Balaban J connectivity index is 1.39. The van der Waals surface area contributed by atoms with E-state index in [1.807, 2.05) is 30.3 Å². The standard InChI is InChI=1S/C26H21BrN2O/c27-22-13-4-3-12-21(22)26-28-23-14-5-6-15-24(23)29(26)17-8-18-30-25-16-7-10-19-9-1-2-11-20(19)25/h1-7,9-16H,8,17-18H2. The molecule has 5 aromatic rings. The maximum atomic E-state index is 6.16. The molecule has 0 aliphatic carbocycles. The van der Waals surface area contributed by atoms with E-state index in [4.69, 9.17) is 9.72 Å². The molecule has 1 heterocycles. The van der Waals surface area contributed by atoms with Crippen LogP contribution in [-0.2, 0) is 6.54 Å². The maximum Gasteiger partial charge on any atom is 0.142 e. The first-order chi connectivity index (χ1) is 14.8. The molecule has 1 aromatic heterocycles. The second kappa shape index (κ2) is 8.33. The fourth-order valence-electron chi connectivity index (χ4n) is 3.88. The van der Waals surface area contributed by atoms with E-state index >= 15 is 0 Å². The van der Waals surface area contributed by atoms with Crippen molar-refractivity contribution in [1.29, 1.82) is 0 Å². The molecule has 0 amide bonds. The van der Waals surface area contributed by atoms with E-state index in [0.717, 1.165) is 51.0 Å². The average molecular weight is 457 g/mol. The molecule has 4 aromatic carbocycles. The molecule has 0 aliphatic rings. The zero-order valence-electron chi connectivity index (χ0n) is 16.5. The molecule has 0 fully saturated rings. The lowest BCUT2D eigenvalue weighted by Gasteiger charge is -2.12. The number of halogens is 1. The van der Waals surface area contributed by atoms with Crippen molar-refractivity contribution < 1.29 is 4.74 Å². The summed E-state index contributed by atoms with van der Waals surface area (Å²) in [7, 11) is 0. The summed E-state index contributed by atoms with van der Waals surface area (Å²) in [6.07, 6.45) is 0.890. The van der Waals surface area contributed by atoms with Crippen LogP contribution in [0, 0.1) is 0 Å². The van der Waals surface area contributed by atoms with Crippen LogP contribution in [0.4, 0.5) is 0 Å². The van der Waals surface area contributed by atoms with Crippen LogP contribution in [-0.4, -0.2) is 16.2 Å². The molecule has 0 bridgehead atoms. The minimum Gasteiger partial charge on any atom is -0.493 e. The number of aromatic nitrogens is 2. The smallest absolute Gasteiger partial charge is 0.142 e. The highest BCUT2D eigenvalue weighted by atomic mass is 79.9. The monoisotopic (exact) mass is 456 g/mol. The highest BCUT2D eigenvalue weighted by molar-refractivity contribution is 9.10. The zero-order chi connectivity index (χ0) is 20.3. The molecule has 0 radical (unpaired) electrons. The number of aryl methyl sites for hydroxylation is 1. The molecule has 5 rings (SSSR count). The molecular formula is C26H21BrN2O. The Morgan fingerprint density at radius 3 is 2.50 bits per heavy atom. The normalized spacial score (nSPS) is 11.2. The first-order valence-electron chi connectivity index (χ1n) is 10.1. The topological polar surface area (TPSA) is 27.1 Å². The molecule has 3 nitrogen and oxygen atoms in total. The van der Waals surface area contributed by atoms with Gasteiger partial charge in [0.1, 0.15) is 11.6 Å². The van der Waals surface area contributed by atoms with Crippen molar-refractivity contribution in [2.45, 2.75) is 13.0 Å². The van der Waals surface area contributed by atoms with E-state index in [0.29, 0.717) is 6.61 Å². The van der Waals surface area contributed by atoms with Crippen molar-refractivity contribution in [3.8, 4) is 17.1 Å². The van der Waals surface area contributed by atoms with E-state index in [2.05, 4.69) is 81.2 Å². The third-order valence-corrected chi connectivity index (χ3v) is 5.99. The average Bonchev–Trinajstić information content (AvgIpc) is 3.15. The number of rotatable bonds is 6. The Morgan fingerprint density at radius 1 is 0.800 bits per heavy atom. The van der Waals surface area contributed by atoms with Crippen LogP contribution in [0.15, 0.2) is 95.5 Å². The summed E-state index contributed by atoms with van der Waals surface area (Å²) < 4.78 is 9.50. The Hall–Kier alpha value is -3.11. The highest BCUT2D eigenvalue weighted by Crippen LogP contribution is 2.31. The molecular weight excluding hydrogens is 436 g/mol. The van der Waals surface area contributed by atoms with Crippen molar-refractivity contribution in [3.63, 3.8) is 0 Å².